The normalized spacial score (nSPS) is 10.2. The predicted octanol–water partition coefficient (Wildman–Crippen LogP) is 4.96. The smallest absolute Gasteiger partial charge is 0.255 e. The Morgan fingerprint density at radius 2 is 1.83 bits per heavy atom. The zero-order valence-electron chi connectivity index (χ0n) is 9.08. The molecule has 0 bridgehead atoms. The average Bonchev–Trinajstić information content (AvgIpc) is 2.33. The van der Waals surface area contributed by atoms with Gasteiger partial charge in [0.15, 0.2) is 0 Å². The summed E-state index contributed by atoms with van der Waals surface area (Å²) in [5.74, 6) is -0.171. The second kappa shape index (κ2) is 6.04. The molecule has 0 aliphatic carbocycles. The van der Waals surface area contributed by atoms with Gasteiger partial charge < -0.3 is 5.32 Å². The Morgan fingerprint density at radius 3 is 2.44 bits per heavy atom. The van der Waals surface area contributed by atoms with Crippen molar-refractivity contribution < 1.29 is 4.79 Å². The lowest BCUT2D eigenvalue weighted by atomic mass is 10.2. The van der Waals surface area contributed by atoms with Crippen LogP contribution in [0.5, 0.6) is 0 Å². The number of amides is 1. The Kier molecular flexibility index (Phi) is 4.64. The van der Waals surface area contributed by atoms with Crippen molar-refractivity contribution in [2.75, 3.05) is 5.32 Å². The fourth-order valence-corrected chi connectivity index (χ4v) is 2.47. The number of benzene rings is 2. The monoisotopic (exact) mass is 435 g/mol. The van der Waals surface area contributed by atoms with Crippen LogP contribution in [0.25, 0.3) is 0 Å². The number of carbonyl (C=O) groups excluding carboxylic acids is 1. The number of hydrogen-bond acceptors (Lipinski definition) is 1. The van der Waals surface area contributed by atoms with Crippen LogP contribution in [0, 0.1) is 3.57 Å². The number of anilines is 1. The minimum atomic E-state index is -0.171. The van der Waals surface area contributed by atoms with E-state index in [9.17, 15) is 4.79 Å². The van der Waals surface area contributed by atoms with E-state index in [1.165, 1.54) is 0 Å². The molecule has 0 saturated carbocycles. The van der Waals surface area contributed by atoms with Crippen molar-refractivity contribution in [2.45, 2.75) is 0 Å². The zero-order chi connectivity index (χ0) is 13.1. The van der Waals surface area contributed by atoms with Crippen LogP contribution in [-0.2, 0) is 0 Å². The Labute approximate surface area is 132 Å². The van der Waals surface area contributed by atoms with Crippen molar-refractivity contribution in [3.63, 3.8) is 0 Å². The Balaban J connectivity index is 2.18. The third-order valence-corrected chi connectivity index (χ3v) is 3.81. The van der Waals surface area contributed by atoms with Crippen molar-refractivity contribution in [1.29, 1.82) is 0 Å². The van der Waals surface area contributed by atoms with Crippen LogP contribution in [0.1, 0.15) is 10.4 Å². The summed E-state index contributed by atoms with van der Waals surface area (Å²) >= 11 is 11.6. The summed E-state index contributed by atoms with van der Waals surface area (Å²) in [6.07, 6.45) is 0. The van der Waals surface area contributed by atoms with Gasteiger partial charge in [0.05, 0.1) is 10.7 Å². The first-order valence-electron chi connectivity index (χ1n) is 5.08. The van der Waals surface area contributed by atoms with E-state index in [1.807, 2.05) is 18.2 Å². The van der Waals surface area contributed by atoms with Gasteiger partial charge in [-0.2, -0.15) is 0 Å². The van der Waals surface area contributed by atoms with Crippen molar-refractivity contribution in [3.8, 4) is 0 Å². The summed E-state index contributed by atoms with van der Waals surface area (Å²) in [5.41, 5.74) is 1.21. The van der Waals surface area contributed by atoms with E-state index in [2.05, 4.69) is 43.8 Å². The molecule has 2 nitrogen and oxygen atoms in total. The first kappa shape index (κ1) is 13.8. The average molecular weight is 436 g/mol. The van der Waals surface area contributed by atoms with Gasteiger partial charge in [-0.05, 0) is 65.1 Å². The van der Waals surface area contributed by atoms with Crippen LogP contribution in [0.15, 0.2) is 46.9 Å². The summed E-state index contributed by atoms with van der Waals surface area (Å²) in [6, 6.07) is 12.7. The minimum absolute atomic E-state index is 0.171. The molecule has 1 N–H and O–H groups in total. The largest absolute Gasteiger partial charge is 0.321 e. The van der Waals surface area contributed by atoms with Crippen LogP contribution >= 0.6 is 50.1 Å². The van der Waals surface area contributed by atoms with E-state index in [0.717, 1.165) is 8.04 Å². The highest BCUT2D eigenvalue weighted by atomic mass is 127. The van der Waals surface area contributed by atoms with Gasteiger partial charge in [-0.3, -0.25) is 4.79 Å². The predicted molar refractivity (Wildman–Crippen MR) is 86.3 cm³/mol. The van der Waals surface area contributed by atoms with Crippen LogP contribution in [0.4, 0.5) is 5.69 Å². The van der Waals surface area contributed by atoms with Crippen molar-refractivity contribution >= 4 is 61.7 Å². The second-order valence-electron chi connectivity index (χ2n) is 3.59. The van der Waals surface area contributed by atoms with Crippen LogP contribution in [0.3, 0.4) is 0 Å². The van der Waals surface area contributed by atoms with E-state index < -0.39 is 0 Å². The topological polar surface area (TPSA) is 29.1 Å². The van der Waals surface area contributed by atoms with E-state index in [1.54, 1.807) is 24.3 Å². The molecule has 0 atom stereocenters. The van der Waals surface area contributed by atoms with Gasteiger partial charge in [0.1, 0.15) is 0 Å². The molecular weight excluding hydrogens is 428 g/mol. The third-order valence-electron chi connectivity index (χ3n) is 2.29. The molecule has 5 heteroatoms. The molecular formula is C13H8BrClINO. The van der Waals surface area contributed by atoms with Crippen molar-refractivity contribution in [3.05, 3.63) is 61.1 Å². The first-order chi connectivity index (χ1) is 8.56. The molecule has 0 aliphatic rings. The lowest BCUT2D eigenvalue weighted by Gasteiger charge is -2.07. The van der Waals surface area contributed by atoms with Gasteiger partial charge in [0, 0.05) is 13.6 Å². The van der Waals surface area contributed by atoms with Gasteiger partial charge in [-0.25, -0.2) is 0 Å². The van der Waals surface area contributed by atoms with E-state index in [0.29, 0.717) is 16.3 Å². The highest BCUT2D eigenvalue weighted by Gasteiger charge is 2.08. The van der Waals surface area contributed by atoms with Gasteiger partial charge in [-0.15, -0.1) is 0 Å². The first-order valence-corrected chi connectivity index (χ1v) is 7.33. The molecule has 0 radical (unpaired) electrons. The molecule has 0 aromatic heterocycles. The number of nitrogens with one attached hydrogen (secondary N) is 1. The highest BCUT2D eigenvalue weighted by Crippen LogP contribution is 2.26. The van der Waals surface area contributed by atoms with Gasteiger partial charge in [0.25, 0.3) is 5.91 Å². The molecule has 0 saturated heterocycles. The third kappa shape index (κ3) is 3.46. The zero-order valence-corrected chi connectivity index (χ0v) is 13.6. The SMILES string of the molecule is O=C(Nc1ccc(Br)cc1Cl)c1ccc(I)cc1. The number of rotatable bonds is 2. The summed E-state index contributed by atoms with van der Waals surface area (Å²) in [6.45, 7) is 0. The summed E-state index contributed by atoms with van der Waals surface area (Å²) < 4.78 is 1.96. The maximum Gasteiger partial charge on any atom is 0.255 e. The Morgan fingerprint density at radius 1 is 1.17 bits per heavy atom. The maximum absolute atomic E-state index is 12.0. The number of halogens is 3. The van der Waals surface area contributed by atoms with Gasteiger partial charge in [-0.1, -0.05) is 27.5 Å². The molecule has 0 unspecified atom stereocenters. The van der Waals surface area contributed by atoms with Crippen molar-refractivity contribution in [1.82, 2.24) is 0 Å². The van der Waals surface area contributed by atoms with Crippen LogP contribution in [-0.4, -0.2) is 5.91 Å². The number of hydrogen-bond donors (Lipinski definition) is 1. The van der Waals surface area contributed by atoms with E-state index in [-0.39, 0.29) is 5.91 Å². The molecule has 0 heterocycles. The molecule has 0 fully saturated rings. The molecule has 92 valence electrons. The number of carbonyl (C=O) groups is 1. The standard InChI is InChI=1S/C13H8BrClINO/c14-9-3-6-12(11(15)7-9)17-13(18)8-1-4-10(16)5-2-8/h1-7H,(H,17,18). The quantitative estimate of drug-likeness (QED) is 0.663. The maximum atomic E-state index is 12.0. The summed E-state index contributed by atoms with van der Waals surface area (Å²) in [7, 11) is 0. The van der Waals surface area contributed by atoms with Crippen LogP contribution in [0.2, 0.25) is 5.02 Å². The molecule has 2 aromatic carbocycles. The lowest BCUT2D eigenvalue weighted by molar-refractivity contribution is 0.102. The Hall–Kier alpha value is -0.590. The molecule has 1 amide bonds. The van der Waals surface area contributed by atoms with Crippen LogP contribution < -0.4 is 5.32 Å². The summed E-state index contributed by atoms with van der Waals surface area (Å²) in [5, 5.41) is 3.28. The molecule has 18 heavy (non-hydrogen) atoms. The lowest BCUT2D eigenvalue weighted by Crippen LogP contribution is -2.12. The van der Waals surface area contributed by atoms with Crippen molar-refractivity contribution in [2.24, 2.45) is 0 Å². The van der Waals surface area contributed by atoms with E-state index >= 15 is 0 Å². The van der Waals surface area contributed by atoms with Gasteiger partial charge >= 0.3 is 0 Å². The molecule has 0 aliphatic heterocycles. The molecule has 0 spiro atoms. The highest BCUT2D eigenvalue weighted by molar-refractivity contribution is 14.1. The fourth-order valence-electron chi connectivity index (χ4n) is 1.39. The second-order valence-corrected chi connectivity index (χ2v) is 6.15. The Bertz CT molecular complexity index is 586. The fraction of sp³-hybridized carbons (Fsp3) is 0. The molecule has 2 rings (SSSR count). The molecule has 2 aromatic rings. The van der Waals surface area contributed by atoms with E-state index in [4.69, 9.17) is 11.6 Å². The van der Waals surface area contributed by atoms with Gasteiger partial charge in [0.2, 0.25) is 0 Å². The minimum Gasteiger partial charge on any atom is -0.321 e. The summed E-state index contributed by atoms with van der Waals surface area (Å²) in [4.78, 5) is 12.0.